The topological polar surface area (TPSA) is 6.48 Å². The summed E-state index contributed by atoms with van der Waals surface area (Å²) in [7, 11) is 0. The summed E-state index contributed by atoms with van der Waals surface area (Å²) >= 11 is 0. The van der Waals surface area contributed by atoms with Crippen molar-refractivity contribution >= 4 is 38.5 Å². The van der Waals surface area contributed by atoms with Gasteiger partial charge >= 0.3 is 0 Å². The Morgan fingerprint density at radius 1 is 0.473 bits per heavy atom. The molecule has 0 spiro atoms. The predicted octanol–water partition coefficient (Wildman–Crippen LogP) is 13.6. The molecule has 0 atom stereocenters. The monoisotopic (exact) mass is 716 g/mol. The first kappa shape index (κ1) is 33.3. The van der Waals surface area contributed by atoms with Crippen LogP contribution in [-0.2, 0) is 10.8 Å². The third kappa shape index (κ3) is 4.86. The van der Waals surface area contributed by atoms with Crippen molar-refractivity contribution in [2.75, 3.05) is 36.0 Å². The molecule has 2 aliphatic heterocycles. The van der Waals surface area contributed by atoms with Crippen LogP contribution in [0.15, 0.2) is 115 Å². The molecule has 0 aromatic heterocycles. The molecule has 11 rings (SSSR count). The smallest absolute Gasteiger partial charge is 0.0372 e. The minimum atomic E-state index is -0.0626. The zero-order valence-electron chi connectivity index (χ0n) is 33.1. The molecule has 2 fully saturated rings. The quantitative estimate of drug-likeness (QED) is 0.168. The summed E-state index contributed by atoms with van der Waals surface area (Å²) in [5.41, 5.74) is 19.8. The number of anilines is 2. The number of nitrogens with zero attached hydrogens (tertiary/aromatic N) is 2. The van der Waals surface area contributed by atoms with Gasteiger partial charge in [0.25, 0.3) is 0 Å². The minimum Gasteiger partial charge on any atom is -0.372 e. The van der Waals surface area contributed by atoms with Crippen molar-refractivity contribution in [2.24, 2.45) is 0 Å². The second-order valence-electron chi connectivity index (χ2n) is 18.1. The first-order valence-corrected chi connectivity index (χ1v) is 21.1. The van der Waals surface area contributed by atoms with E-state index < -0.39 is 0 Å². The molecule has 0 N–H and O–H groups in total. The summed E-state index contributed by atoms with van der Waals surface area (Å²) in [5.74, 6) is 0. The molecule has 6 aromatic carbocycles. The van der Waals surface area contributed by atoms with Crippen LogP contribution < -0.4 is 9.80 Å². The Morgan fingerprint density at radius 3 is 1.84 bits per heavy atom. The number of rotatable bonds is 4. The number of hydrogen-bond acceptors (Lipinski definition) is 2. The minimum absolute atomic E-state index is 0.0141. The number of allylic oxidation sites excluding steroid dienone is 4. The Bertz CT molecular complexity index is 2640. The van der Waals surface area contributed by atoms with Gasteiger partial charge in [0.1, 0.15) is 0 Å². The van der Waals surface area contributed by atoms with Crippen LogP contribution >= 0.6 is 0 Å². The van der Waals surface area contributed by atoms with Crippen molar-refractivity contribution in [1.82, 2.24) is 0 Å². The summed E-state index contributed by atoms with van der Waals surface area (Å²) in [5, 5.41) is 5.49. The number of hydrogen-bond donors (Lipinski definition) is 0. The van der Waals surface area contributed by atoms with Gasteiger partial charge in [-0.05, 0) is 164 Å². The van der Waals surface area contributed by atoms with Gasteiger partial charge in [0.15, 0.2) is 0 Å². The molecule has 0 unspecified atom stereocenters. The highest BCUT2D eigenvalue weighted by molar-refractivity contribution is 6.23. The highest BCUT2D eigenvalue weighted by Crippen LogP contribution is 2.56. The summed E-state index contributed by atoms with van der Waals surface area (Å²) < 4.78 is 0. The van der Waals surface area contributed by atoms with Crippen LogP contribution in [0.5, 0.6) is 0 Å². The Morgan fingerprint density at radius 2 is 1.09 bits per heavy atom. The average Bonchev–Trinajstić information content (AvgIpc) is 3.91. The van der Waals surface area contributed by atoms with E-state index in [4.69, 9.17) is 0 Å². The van der Waals surface area contributed by atoms with E-state index >= 15 is 0 Å². The Labute approximate surface area is 327 Å². The largest absolute Gasteiger partial charge is 0.372 e. The Balaban J connectivity index is 1.25. The fourth-order valence-corrected chi connectivity index (χ4v) is 11.4. The highest BCUT2D eigenvalue weighted by Gasteiger charge is 2.39. The normalized spacial score (nSPS) is 19.3. The van der Waals surface area contributed by atoms with Crippen molar-refractivity contribution in [3.63, 3.8) is 0 Å². The van der Waals surface area contributed by atoms with E-state index in [1.54, 1.807) is 5.57 Å². The zero-order valence-corrected chi connectivity index (χ0v) is 33.1. The third-order valence-corrected chi connectivity index (χ3v) is 14.3. The van der Waals surface area contributed by atoms with E-state index in [2.05, 4.69) is 147 Å². The number of benzene rings is 6. The Hall–Kier alpha value is -5.08. The van der Waals surface area contributed by atoms with Crippen LogP contribution in [0.2, 0.25) is 0 Å². The second-order valence-corrected chi connectivity index (χ2v) is 18.1. The lowest BCUT2D eigenvalue weighted by atomic mass is 9.78. The average molecular weight is 717 g/mol. The van der Waals surface area contributed by atoms with Gasteiger partial charge in [0.05, 0.1) is 0 Å². The standard InChI is InChI=1S/C53H52N2/c1-52(2)46-19-9-7-16-41(46)51-42(17-14-20-47(51)52)50-40-26-23-35(55-29-12-13-30-55)32-43(40)49(39-25-22-36(33-44(39)50)54-27-10-5-11-28-54)34-21-24-38-37-15-6-8-18-45(37)53(3,4)48(38)31-34/h6,8-9,14-15,17-26,31-33H,5,7,10-13,16,27-30H2,1-4H3. The van der Waals surface area contributed by atoms with Gasteiger partial charge in [-0.15, -0.1) is 0 Å². The third-order valence-electron chi connectivity index (χ3n) is 14.3. The van der Waals surface area contributed by atoms with Gasteiger partial charge in [0, 0.05) is 48.4 Å². The highest BCUT2D eigenvalue weighted by atomic mass is 15.1. The van der Waals surface area contributed by atoms with Gasteiger partial charge in [-0.2, -0.15) is 0 Å². The van der Waals surface area contributed by atoms with Gasteiger partial charge < -0.3 is 9.80 Å². The molecule has 2 saturated heterocycles. The van der Waals surface area contributed by atoms with Gasteiger partial charge in [0.2, 0.25) is 0 Å². The molecule has 0 amide bonds. The van der Waals surface area contributed by atoms with Crippen LogP contribution in [-0.4, -0.2) is 26.2 Å². The van der Waals surface area contributed by atoms with Gasteiger partial charge in [-0.1, -0.05) is 107 Å². The first-order valence-electron chi connectivity index (χ1n) is 21.1. The van der Waals surface area contributed by atoms with Crippen molar-refractivity contribution in [3.05, 3.63) is 137 Å². The molecule has 55 heavy (non-hydrogen) atoms. The molecule has 2 heteroatoms. The number of fused-ring (bicyclic) bond motifs is 7. The summed E-state index contributed by atoms with van der Waals surface area (Å²) in [6, 6.07) is 38.7. The van der Waals surface area contributed by atoms with Crippen LogP contribution in [0.1, 0.15) is 94.9 Å². The van der Waals surface area contributed by atoms with Crippen LogP contribution in [0.4, 0.5) is 11.4 Å². The molecule has 2 heterocycles. The van der Waals surface area contributed by atoms with E-state index in [1.165, 1.54) is 126 Å². The fraction of sp³-hybridized carbons (Fsp3) is 0.321. The molecule has 5 aliphatic rings. The molecule has 6 aromatic rings. The second kappa shape index (κ2) is 12.2. The van der Waals surface area contributed by atoms with E-state index in [9.17, 15) is 0 Å². The number of piperidine rings is 1. The molecule has 274 valence electrons. The lowest BCUT2D eigenvalue weighted by Gasteiger charge is -2.30. The van der Waals surface area contributed by atoms with Gasteiger partial charge in [-0.25, -0.2) is 0 Å². The SMILES string of the molecule is CC1(C)C2=C(CCC=C2)c2c(-c3c4ccc(N5CCCC5)cc4c(-c4ccc5c(c4)C(C)(C)c4ccccc4-5)c4ccc(N5CCCCC5)cc34)cccc21. The van der Waals surface area contributed by atoms with E-state index in [-0.39, 0.29) is 10.8 Å². The molecule has 0 radical (unpaired) electrons. The van der Waals surface area contributed by atoms with Crippen LogP contribution in [0.3, 0.4) is 0 Å². The maximum atomic E-state index is 2.65. The van der Waals surface area contributed by atoms with E-state index in [0.29, 0.717) is 0 Å². The first-order chi connectivity index (χ1) is 26.8. The van der Waals surface area contributed by atoms with E-state index in [0.717, 1.165) is 39.0 Å². The maximum absolute atomic E-state index is 2.65. The van der Waals surface area contributed by atoms with E-state index in [1.807, 2.05) is 0 Å². The van der Waals surface area contributed by atoms with Crippen LogP contribution in [0.25, 0.3) is 60.5 Å². The molecule has 0 saturated carbocycles. The summed E-state index contributed by atoms with van der Waals surface area (Å²) in [6.07, 6.45) is 13.5. The van der Waals surface area contributed by atoms with Crippen molar-refractivity contribution in [3.8, 4) is 33.4 Å². The molecular formula is C53H52N2. The summed E-state index contributed by atoms with van der Waals surface area (Å²) in [4.78, 5) is 5.26. The van der Waals surface area contributed by atoms with Crippen LogP contribution in [0, 0.1) is 0 Å². The lowest BCUT2D eigenvalue weighted by Crippen LogP contribution is -2.29. The molecule has 0 bridgehead atoms. The van der Waals surface area contributed by atoms with Crippen molar-refractivity contribution in [2.45, 2.75) is 83.5 Å². The lowest BCUT2D eigenvalue weighted by molar-refractivity contribution is 0.578. The van der Waals surface area contributed by atoms with Crippen molar-refractivity contribution in [1.29, 1.82) is 0 Å². The van der Waals surface area contributed by atoms with Gasteiger partial charge in [-0.3, -0.25) is 0 Å². The maximum Gasteiger partial charge on any atom is 0.0372 e. The predicted molar refractivity (Wildman–Crippen MR) is 236 cm³/mol. The Kier molecular flexibility index (Phi) is 7.39. The van der Waals surface area contributed by atoms with Crippen molar-refractivity contribution < 1.29 is 0 Å². The molecule has 2 nitrogen and oxygen atoms in total. The fourth-order valence-electron chi connectivity index (χ4n) is 11.4. The molecule has 3 aliphatic carbocycles. The molecular weight excluding hydrogens is 665 g/mol. The summed E-state index contributed by atoms with van der Waals surface area (Å²) in [6.45, 7) is 14.3. The zero-order chi connectivity index (χ0) is 37.1.